The lowest BCUT2D eigenvalue weighted by molar-refractivity contribution is -0.120. The summed E-state index contributed by atoms with van der Waals surface area (Å²) in [5, 5.41) is 3.10. The van der Waals surface area contributed by atoms with Crippen LogP contribution in [0, 0.1) is 39.3 Å². The highest BCUT2D eigenvalue weighted by Crippen LogP contribution is 2.36. The molecule has 162 valence electrons. The average molecular weight is 432 g/mol. The van der Waals surface area contributed by atoms with Crippen LogP contribution in [0.5, 0.6) is 0 Å². The quantitative estimate of drug-likeness (QED) is 0.547. The van der Waals surface area contributed by atoms with Crippen LogP contribution in [0.3, 0.4) is 0 Å². The lowest BCUT2D eigenvalue weighted by Crippen LogP contribution is -2.33. The number of rotatable bonds is 4. The third-order valence-electron chi connectivity index (χ3n) is 5.67. The monoisotopic (exact) mass is 432 g/mol. The summed E-state index contributed by atoms with van der Waals surface area (Å²) in [6, 6.07) is 13.9. The summed E-state index contributed by atoms with van der Waals surface area (Å²) in [4.78, 5) is 27.6. The van der Waals surface area contributed by atoms with Crippen molar-refractivity contribution in [3.63, 3.8) is 0 Å². The van der Waals surface area contributed by atoms with Gasteiger partial charge in [0, 0.05) is 11.8 Å². The standard InChI is InChI=1S/C26H22F2N2O2/c1-14-5-9-21(17(4)11-14)29-24-23(18-7-6-15(2)16(3)12-18)25(31)30(26(24)32)22-10-8-19(27)13-20(22)28/h5-13,29H,1-4H3. The Morgan fingerprint density at radius 3 is 2.16 bits per heavy atom. The molecule has 4 nitrogen and oxygen atoms in total. The Balaban J connectivity index is 1.88. The summed E-state index contributed by atoms with van der Waals surface area (Å²) < 4.78 is 28.0. The fraction of sp³-hybridized carbons (Fsp3) is 0.154. The van der Waals surface area contributed by atoms with Crippen molar-refractivity contribution in [3.8, 4) is 0 Å². The van der Waals surface area contributed by atoms with Crippen LogP contribution < -0.4 is 10.2 Å². The van der Waals surface area contributed by atoms with Gasteiger partial charge in [-0.1, -0.05) is 35.9 Å². The summed E-state index contributed by atoms with van der Waals surface area (Å²) in [6.07, 6.45) is 0. The van der Waals surface area contributed by atoms with Crippen LogP contribution in [0.4, 0.5) is 20.2 Å². The SMILES string of the molecule is Cc1ccc(NC2=C(c3ccc(C)c(C)c3)C(=O)N(c3ccc(F)cc3F)C2=O)c(C)c1. The Bertz CT molecular complexity index is 1310. The first-order valence-corrected chi connectivity index (χ1v) is 10.2. The van der Waals surface area contributed by atoms with Gasteiger partial charge in [0.25, 0.3) is 11.8 Å². The number of amides is 2. The van der Waals surface area contributed by atoms with E-state index in [1.165, 1.54) is 0 Å². The number of halogens is 2. The number of hydrogen-bond donors (Lipinski definition) is 1. The van der Waals surface area contributed by atoms with Crippen molar-refractivity contribution in [3.05, 3.63) is 99.7 Å². The lowest BCUT2D eigenvalue weighted by Gasteiger charge is -2.16. The second-order valence-electron chi connectivity index (χ2n) is 8.03. The molecule has 2 amide bonds. The second kappa shape index (κ2) is 8.04. The normalized spacial score (nSPS) is 13.9. The molecule has 0 aromatic heterocycles. The first-order chi connectivity index (χ1) is 15.2. The minimum Gasteiger partial charge on any atom is -0.350 e. The zero-order valence-electron chi connectivity index (χ0n) is 18.2. The molecule has 0 saturated heterocycles. The van der Waals surface area contributed by atoms with Gasteiger partial charge in [-0.05, 0) is 68.1 Å². The average Bonchev–Trinajstić information content (AvgIpc) is 2.96. The zero-order chi connectivity index (χ0) is 23.2. The molecule has 0 atom stereocenters. The van der Waals surface area contributed by atoms with E-state index in [9.17, 15) is 18.4 Å². The molecule has 0 fully saturated rings. The van der Waals surface area contributed by atoms with Gasteiger partial charge in [0.15, 0.2) is 0 Å². The van der Waals surface area contributed by atoms with Gasteiger partial charge in [0.2, 0.25) is 0 Å². The van der Waals surface area contributed by atoms with Crippen molar-refractivity contribution < 1.29 is 18.4 Å². The number of hydrogen-bond acceptors (Lipinski definition) is 3. The van der Waals surface area contributed by atoms with E-state index >= 15 is 0 Å². The third-order valence-corrected chi connectivity index (χ3v) is 5.67. The molecule has 0 unspecified atom stereocenters. The molecular formula is C26H22F2N2O2. The van der Waals surface area contributed by atoms with E-state index in [-0.39, 0.29) is 17.0 Å². The van der Waals surface area contributed by atoms with E-state index in [1.54, 1.807) is 6.07 Å². The predicted molar refractivity (Wildman–Crippen MR) is 121 cm³/mol. The molecule has 3 aromatic carbocycles. The maximum Gasteiger partial charge on any atom is 0.282 e. The predicted octanol–water partition coefficient (Wildman–Crippen LogP) is 5.60. The van der Waals surface area contributed by atoms with Crippen LogP contribution in [0.2, 0.25) is 0 Å². The summed E-state index contributed by atoms with van der Waals surface area (Å²) in [6.45, 7) is 7.71. The smallest absolute Gasteiger partial charge is 0.282 e. The van der Waals surface area contributed by atoms with E-state index < -0.39 is 23.4 Å². The Morgan fingerprint density at radius 1 is 0.750 bits per heavy atom. The topological polar surface area (TPSA) is 49.4 Å². The Hall–Kier alpha value is -3.80. The molecule has 0 radical (unpaired) electrons. The number of benzene rings is 3. The van der Waals surface area contributed by atoms with Crippen LogP contribution in [0.25, 0.3) is 5.57 Å². The van der Waals surface area contributed by atoms with E-state index in [2.05, 4.69) is 5.32 Å². The van der Waals surface area contributed by atoms with Gasteiger partial charge in [-0.25, -0.2) is 13.7 Å². The van der Waals surface area contributed by atoms with E-state index in [4.69, 9.17) is 0 Å². The molecule has 32 heavy (non-hydrogen) atoms. The van der Waals surface area contributed by atoms with Gasteiger partial charge in [-0.15, -0.1) is 0 Å². The van der Waals surface area contributed by atoms with Gasteiger partial charge in [0.05, 0.1) is 11.3 Å². The highest BCUT2D eigenvalue weighted by Gasteiger charge is 2.41. The summed E-state index contributed by atoms with van der Waals surface area (Å²) in [5.41, 5.74) is 5.04. The minimum atomic E-state index is -0.987. The number of nitrogens with zero attached hydrogens (tertiary/aromatic N) is 1. The maximum atomic E-state index is 14.5. The van der Waals surface area contributed by atoms with Crippen LogP contribution in [-0.4, -0.2) is 11.8 Å². The van der Waals surface area contributed by atoms with Gasteiger partial charge in [-0.3, -0.25) is 9.59 Å². The largest absolute Gasteiger partial charge is 0.350 e. The van der Waals surface area contributed by atoms with Crippen molar-refractivity contribution in [1.82, 2.24) is 0 Å². The summed E-state index contributed by atoms with van der Waals surface area (Å²) in [7, 11) is 0. The Labute approximate surface area is 185 Å². The number of nitrogens with one attached hydrogen (secondary N) is 1. The zero-order valence-corrected chi connectivity index (χ0v) is 18.2. The van der Waals surface area contributed by atoms with Crippen molar-refractivity contribution >= 4 is 28.8 Å². The van der Waals surface area contributed by atoms with Crippen molar-refractivity contribution in [2.75, 3.05) is 10.2 Å². The highest BCUT2D eigenvalue weighted by molar-refractivity contribution is 6.46. The van der Waals surface area contributed by atoms with Gasteiger partial charge in [0.1, 0.15) is 17.3 Å². The third kappa shape index (κ3) is 3.68. The molecule has 1 heterocycles. The van der Waals surface area contributed by atoms with Gasteiger partial charge < -0.3 is 5.32 Å². The molecule has 1 aliphatic rings. The first kappa shape index (κ1) is 21.4. The maximum absolute atomic E-state index is 14.5. The molecule has 1 N–H and O–H groups in total. The van der Waals surface area contributed by atoms with E-state index in [1.807, 2.05) is 58.0 Å². The molecule has 0 bridgehead atoms. The Morgan fingerprint density at radius 2 is 1.50 bits per heavy atom. The summed E-state index contributed by atoms with van der Waals surface area (Å²) >= 11 is 0. The number of aryl methyl sites for hydroxylation is 4. The van der Waals surface area contributed by atoms with Gasteiger partial charge in [-0.2, -0.15) is 0 Å². The van der Waals surface area contributed by atoms with Crippen LogP contribution in [0.1, 0.15) is 27.8 Å². The van der Waals surface area contributed by atoms with Crippen LogP contribution in [0.15, 0.2) is 60.3 Å². The molecule has 6 heteroatoms. The van der Waals surface area contributed by atoms with Crippen molar-refractivity contribution in [2.24, 2.45) is 0 Å². The first-order valence-electron chi connectivity index (χ1n) is 10.2. The number of carbonyl (C=O) groups is 2. The fourth-order valence-corrected chi connectivity index (χ4v) is 3.78. The highest BCUT2D eigenvalue weighted by atomic mass is 19.1. The molecule has 4 rings (SSSR count). The number of anilines is 2. The molecule has 0 spiro atoms. The van der Waals surface area contributed by atoms with E-state index in [0.717, 1.165) is 39.3 Å². The second-order valence-corrected chi connectivity index (χ2v) is 8.03. The van der Waals surface area contributed by atoms with Crippen molar-refractivity contribution in [2.45, 2.75) is 27.7 Å². The molecular weight excluding hydrogens is 410 g/mol. The minimum absolute atomic E-state index is 0.0499. The summed E-state index contributed by atoms with van der Waals surface area (Å²) in [5.74, 6) is -3.15. The fourth-order valence-electron chi connectivity index (χ4n) is 3.78. The van der Waals surface area contributed by atoms with Crippen molar-refractivity contribution in [1.29, 1.82) is 0 Å². The molecule has 0 aliphatic carbocycles. The van der Waals surface area contributed by atoms with E-state index in [0.29, 0.717) is 17.3 Å². The Kier molecular flexibility index (Phi) is 5.38. The van der Waals surface area contributed by atoms with Crippen LogP contribution >= 0.6 is 0 Å². The number of imide groups is 1. The molecule has 0 saturated carbocycles. The number of carbonyl (C=O) groups excluding carboxylic acids is 2. The van der Waals surface area contributed by atoms with Crippen LogP contribution in [-0.2, 0) is 9.59 Å². The van der Waals surface area contributed by atoms with Gasteiger partial charge >= 0.3 is 0 Å². The molecule has 3 aromatic rings. The molecule has 1 aliphatic heterocycles. The lowest BCUT2D eigenvalue weighted by atomic mass is 9.99.